The molecule has 0 aliphatic heterocycles. The van der Waals surface area contributed by atoms with Gasteiger partial charge in [-0.2, -0.15) is 0 Å². The number of sulfonamides is 1. The normalized spacial score (nSPS) is 13.1. The van der Waals surface area contributed by atoms with Gasteiger partial charge in [0.2, 0.25) is 10.0 Å². The molecule has 0 aliphatic carbocycles. The quantitative estimate of drug-likeness (QED) is 0.443. The first-order valence-electron chi connectivity index (χ1n) is 5.35. The molecule has 8 nitrogen and oxygen atoms in total. The fourth-order valence-electron chi connectivity index (χ4n) is 1.12. The molecule has 0 radical (unpaired) electrons. The number of amides is 2. The van der Waals surface area contributed by atoms with Crippen LogP contribution < -0.4 is 15.4 Å². The predicted molar refractivity (Wildman–Crippen MR) is 65.6 cm³/mol. The lowest BCUT2D eigenvalue weighted by molar-refractivity contribution is -0.140. The van der Waals surface area contributed by atoms with E-state index in [1.54, 1.807) is 13.8 Å². The van der Waals surface area contributed by atoms with Crippen molar-refractivity contribution in [3.63, 3.8) is 0 Å². The lowest BCUT2D eigenvalue weighted by Crippen LogP contribution is -2.49. The SMILES string of the molecule is CC(C)[C@H](NC(=O)NCCNS(C)(=O)=O)C(=O)O. The fourth-order valence-corrected chi connectivity index (χ4v) is 1.59. The number of hydrogen-bond acceptors (Lipinski definition) is 4. The summed E-state index contributed by atoms with van der Waals surface area (Å²) < 4.78 is 23.6. The highest BCUT2D eigenvalue weighted by Gasteiger charge is 2.22. The number of aliphatic carboxylic acids is 1. The second kappa shape index (κ2) is 7.17. The highest BCUT2D eigenvalue weighted by molar-refractivity contribution is 7.88. The molecule has 0 heterocycles. The zero-order valence-electron chi connectivity index (χ0n) is 10.6. The van der Waals surface area contributed by atoms with Gasteiger partial charge < -0.3 is 15.7 Å². The Labute approximate surface area is 106 Å². The summed E-state index contributed by atoms with van der Waals surface area (Å²) in [6, 6.07) is -1.63. The molecule has 0 unspecified atom stereocenters. The molecule has 0 aliphatic rings. The van der Waals surface area contributed by atoms with Gasteiger partial charge in [0.1, 0.15) is 6.04 Å². The molecule has 0 aromatic carbocycles. The van der Waals surface area contributed by atoms with Crippen LogP contribution in [0.15, 0.2) is 0 Å². The minimum atomic E-state index is -3.29. The Hall–Kier alpha value is -1.35. The van der Waals surface area contributed by atoms with Gasteiger partial charge in [0.25, 0.3) is 0 Å². The first kappa shape index (κ1) is 16.6. The molecule has 4 N–H and O–H groups in total. The smallest absolute Gasteiger partial charge is 0.326 e. The minimum absolute atomic E-state index is 0.0473. The monoisotopic (exact) mass is 281 g/mol. The topological polar surface area (TPSA) is 125 Å². The molecule has 0 saturated carbocycles. The number of urea groups is 1. The second-order valence-corrected chi connectivity index (χ2v) is 5.96. The van der Waals surface area contributed by atoms with Gasteiger partial charge in [0.05, 0.1) is 6.26 Å². The van der Waals surface area contributed by atoms with E-state index >= 15 is 0 Å². The van der Waals surface area contributed by atoms with E-state index < -0.39 is 28.1 Å². The Morgan fingerprint density at radius 1 is 1.22 bits per heavy atom. The van der Waals surface area contributed by atoms with Crippen LogP contribution in [0.4, 0.5) is 4.79 Å². The van der Waals surface area contributed by atoms with Gasteiger partial charge >= 0.3 is 12.0 Å². The van der Waals surface area contributed by atoms with Crippen LogP contribution in [0.1, 0.15) is 13.8 Å². The Bertz CT molecular complexity index is 393. The van der Waals surface area contributed by atoms with E-state index in [0.29, 0.717) is 0 Å². The van der Waals surface area contributed by atoms with E-state index in [4.69, 9.17) is 5.11 Å². The van der Waals surface area contributed by atoms with E-state index in [9.17, 15) is 18.0 Å². The summed E-state index contributed by atoms with van der Waals surface area (Å²) in [6.45, 7) is 3.46. The molecule has 106 valence electrons. The molecule has 0 aromatic heterocycles. The summed E-state index contributed by atoms with van der Waals surface area (Å²) in [5, 5.41) is 13.5. The van der Waals surface area contributed by atoms with Crippen molar-refractivity contribution in [1.82, 2.24) is 15.4 Å². The van der Waals surface area contributed by atoms with Crippen molar-refractivity contribution in [2.24, 2.45) is 5.92 Å². The second-order valence-electron chi connectivity index (χ2n) is 4.13. The van der Waals surface area contributed by atoms with Crippen LogP contribution in [0.5, 0.6) is 0 Å². The van der Waals surface area contributed by atoms with E-state index in [-0.39, 0.29) is 19.0 Å². The largest absolute Gasteiger partial charge is 0.480 e. The average molecular weight is 281 g/mol. The van der Waals surface area contributed by atoms with Crippen molar-refractivity contribution in [2.75, 3.05) is 19.3 Å². The van der Waals surface area contributed by atoms with Gasteiger partial charge in [-0.15, -0.1) is 0 Å². The van der Waals surface area contributed by atoms with E-state index in [1.165, 1.54) is 0 Å². The Morgan fingerprint density at radius 2 is 1.78 bits per heavy atom. The van der Waals surface area contributed by atoms with Crippen molar-refractivity contribution >= 4 is 22.0 Å². The molecule has 18 heavy (non-hydrogen) atoms. The number of rotatable bonds is 7. The Morgan fingerprint density at radius 3 is 2.17 bits per heavy atom. The Balaban J connectivity index is 4.00. The maximum atomic E-state index is 11.3. The molecule has 0 saturated heterocycles. The molecule has 0 fully saturated rings. The molecule has 0 rings (SSSR count). The molecular weight excluding hydrogens is 262 g/mol. The molecule has 0 aromatic rings. The van der Waals surface area contributed by atoms with Crippen LogP contribution >= 0.6 is 0 Å². The van der Waals surface area contributed by atoms with Crippen LogP contribution in [-0.2, 0) is 14.8 Å². The third kappa shape index (κ3) is 7.85. The Kier molecular flexibility index (Phi) is 6.63. The van der Waals surface area contributed by atoms with Crippen molar-refractivity contribution in [3.8, 4) is 0 Å². The third-order valence-corrected chi connectivity index (χ3v) is 2.72. The van der Waals surface area contributed by atoms with Crippen molar-refractivity contribution in [3.05, 3.63) is 0 Å². The van der Waals surface area contributed by atoms with E-state index in [2.05, 4.69) is 15.4 Å². The van der Waals surface area contributed by atoms with Gasteiger partial charge in [0, 0.05) is 13.1 Å². The maximum absolute atomic E-state index is 11.3. The number of hydrogen-bond donors (Lipinski definition) is 4. The van der Waals surface area contributed by atoms with Crippen molar-refractivity contribution in [2.45, 2.75) is 19.9 Å². The molecular formula is C9H19N3O5S. The zero-order chi connectivity index (χ0) is 14.3. The lowest BCUT2D eigenvalue weighted by Gasteiger charge is -2.18. The van der Waals surface area contributed by atoms with Gasteiger partial charge in [-0.05, 0) is 5.92 Å². The molecule has 9 heteroatoms. The highest BCUT2D eigenvalue weighted by Crippen LogP contribution is 2.00. The number of carboxylic acids is 1. The number of carboxylic acid groups (broad SMARTS) is 1. The van der Waals surface area contributed by atoms with Crippen LogP contribution in [0, 0.1) is 5.92 Å². The van der Waals surface area contributed by atoms with Crippen LogP contribution in [0.3, 0.4) is 0 Å². The van der Waals surface area contributed by atoms with Crippen molar-refractivity contribution in [1.29, 1.82) is 0 Å². The van der Waals surface area contributed by atoms with Crippen LogP contribution in [0.2, 0.25) is 0 Å². The maximum Gasteiger partial charge on any atom is 0.326 e. The standard InChI is InChI=1S/C9H19N3O5S/c1-6(2)7(8(13)14)12-9(15)10-4-5-11-18(3,16)17/h6-7,11H,4-5H2,1-3H3,(H,13,14)(H2,10,12,15)/t7-/m0/s1. The lowest BCUT2D eigenvalue weighted by atomic mass is 10.1. The average Bonchev–Trinajstić information content (AvgIpc) is 2.18. The third-order valence-electron chi connectivity index (χ3n) is 1.99. The summed E-state index contributed by atoms with van der Waals surface area (Å²) >= 11 is 0. The van der Waals surface area contributed by atoms with Gasteiger partial charge in [0.15, 0.2) is 0 Å². The first-order chi connectivity index (χ1) is 8.13. The van der Waals surface area contributed by atoms with Gasteiger partial charge in [-0.3, -0.25) is 0 Å². The van der Waals surface area contributed by atoms with Crippen LogP contribution in [0.25, 0.3) is 0 Å². The molecule has 0 bridgehead atoms. The summed E-state index contributed by atoms with van der Waals surface area (Å²) in [5.41, 5.74) is 0. The van der Waals surface area contributed by atoms with Crippen molar-refractivity contribution < 1.29 is 23.1 Å². The van der Waals surface area contributed by atoms with Gasteiger partial charge in [-0.25, -0.2) is 22.7 Å². The van der Waals surface area contributed by atoms with Gasteiger partial charge in [-0.1, -0.05) is 13.8 Å². The molecule has 0 spiro atoms. The summed E-state index contributed by atoms with van der Waals surface area (Å²) in [5.74, 6) is -1.36. The zero-order valence-corrected chi connectivity index (χ0v) is 11.4. The van der Waals surface area contributed by atoms with E-state index in [1.807, 2.05) is 0 Å². The number of carbonyl (C=O) groups excluding carboxylic acids is 1. The fraction of sp³-hybridized carbons (Fsp3) is 0.778. The summed E-state index contributed by atoms with van der Waals surface area (Å²) in [6.07, 6.45) is 1.01. The van der Waals surface area contributed by atoms with E-state index in [0.717, 1.165) is 6.26 Å². The first-order valence-corrected chi connectivity index (χ1v) is 7.24. The number of carbonyl (C=O) groups is 2. The molecule has 2 amide bonds. The predicted octanol–water partition coefficient (Wildman–Crippen LogP) is -1.06. The summed E-state index contributed by atoms with van der Waals surface area (Å²) in [7, 11) is -3.29. The number of nitrogens with one attached hydrogen (secondary N) is 3. The highest BCUT2D eigenvalue weighted by atomic mass is 32.2. The minimum Gasteiger partial charge on any atom is -0.480 e. The van der Waals surface area contributed by atoms with Crippen LogP contribution in [-0.4, -0.2) is 50.9 Å². The summed E-state index contributed by atoms with van der Waals surface area (Å²) in [4.78, 5) is 22.1. The molecule has 1 atom stereocenters.